The number of hydrogen-bond donors (Lipinski definition) is 2. The van der Waals surface area contributed by atoms with Crippen molar-refractivity contribution in [2.75, 3.05) is 14.1 Å². The molecular formula is C27H34Cl2N6O2. The monoisotopic (exact) mass is 544 g/mol. The molecule has 0 saturated heterocycles. The molecule has 0 saturated carbocycles. The summed E-state index contributed by atoms with van der Waals surface area (Å²) < 4.78 is 1.74. The maximum atomic E-state index is 13.6. The van der Waals surface area contributed by atoms with Crippen LogP contribution in [0, 0.1) is 5.41 Å². The van der Waals surface area contributed by atoms with Gasteiger partial charge in [0.1, 0.15) is 5.71 Å². The number of halogens is 2. The Morgan fingerprint density at radius 2 is 1.73 bits per heavy atom. The van der Waals surface area contributed by atoms with E-state index in [1.54, 1.807) is 54.0 Å². The zero-order valence-electron chi connectivity index (χ0n) is 22.1. The molecule has 0 fully saturated rings. The molecule has 1 atom stereocenters. The van der Waals surface area contributed by atoms with Gasteiger partial charge in [-0.1, -0.05) is 56.1 Å². The molecule has 2 aromatic carbocycles. The molecule has 2 amide bonds. The van der Waals surface area contributed by atoms with Gasteiger partial charge in [-0.05, 0) is 54.2 Å². The van der Waals surface area contributed by atoms with Crippen LogP contribution in [0.15, 0.2) is 47.5 Å². The fourth-order valence-electron chi connectivity index (χ4n) is 4.00. The summed E-state index contributed by atoms with van der Waals surface area (Å²) in [6.07, 6.45) is 1.63. The molecule has 0 radical (unpaired) electrons. The predicted molar refractivity (Wildman–Crippen MR) is 148 cm³/mol. The number of aryl methyl sites for hydroxylation is 1. The van der Waals surface area contributed by atoms with E-state index in [0.717, 1.165) is 24.2 Å². The number of likely N-dealkylation sites (N-methyl/N-ethyl adjacent to an activating group) is 1. The third kappa shape index (κ3) is 7.46. The number of nitrogens with zero attached hydrogens (tertiary/aromatic N) is 4. The summed E-state index contributed by atoms with van der Waals surface area (Å²) in [5.41, 5.74) is 2.39. The average molecular weight is 546 g/mol. The van der Waals surface area contributed by atoms with E-state index in [4.69, 9.17) is 23.2 Å². The molecule has 8 nitrogen and oxygen atoms in total. The molecule has 1 aromatic heterocycles. The number of nitrogens with one attached hydrogen (secondary N) is 2. The van der Waals surface area contributed by atoms with E-state index in [1.165, 1.54) is 0 Å². The van der Waals surface area contributed by atoms with Crippen LogP contribution in [0.4, 0.5) is 0 Å². The zero-order chi connectivity index (χ0) is 27.3. The summed E-state index contributed by atoms with van der Waals surface area (Å²) in [7, 11) is 5.18. The van der Waals surface area contributed by atoms with E-state index in [-0.39, 0.29) is 29.0 Å². The fourth-order valence-corrected chi connectivity index (χ4v) is 4.52. The molecule has 37 heavy (non-hydrogen) atoms. The number of benzene rings is 2. The number of hydrogen-bond acceptors (Lipinski definition) is 4. The lowest BCUT2D eigenvalue weighted by molar-refractivity contribution is -0.125. The van der Waals surface area contributed by atoms with Gasteiger partial charge in [0, 0.05) is 42.3 Å². The van der Waals surface area contributed by atoms with E-state index in [0.29, 0.717) is 27.7 Å². The highest BCUT2D eigenvalue weighted by Crippen LogP contribution is 2.32. The lowest BCUT2D eigenvalue weighted by Crippen LogP contribution is -2.37. The topological polar surface area (TPSA) is 95.4 Å². The van der Waals surface area contributed by atoms with Gasteiger partial charge in [0.05, 0.1) is 12.6 Å². The van der Waals surface area contributed by atoms with Crippen molar-refractivity contribution in [3.63, 3.8) is 0 Å². The minimum absolute atomic E-state index is 0.0797. The van der Waals surface area contributed by atoms with Crippen LogP contribution in [0.5, 0.6) is 0 Å². The van der Waals surface area contributed by atoms with Crippen LogP contribution in [-0.4, -0.2) is 51.5 Å². The molecular weight excluding hydrogens is 511 g/mol. The van der Waals surface area contributed by atoms with Gasteiger partial charge in [0.25, 0.3) is 11.8 Å². The summed E-state index contributed by atoms with van der Waals surface area (Å²) in [5, 5.41) is 10.5. The summed E-state index contributed by atoms with van der Waals surface area (Å²) in [4.78, 5) is 32.2. The van der Waals surface area contributed by atoms with Gasteiger partial charge in [0.2, 0.25) is 0 Å². The molecule has 2 N–H and O–H groups in total. The zero-order valence-corrected chi connectivity index (χ0v) is 23.6. The number of carbonyl (C=O) groups is 2. The second kappa shape index (κ2) is 12.0. The summed E-state index contributed by atoms with van der Waals surface area (Å²) in [6.45, 7) is 6.85. The van der Waals surface area contributed by atoms with E-state index >= 15 is 0 Å². The number of amides is 2. The third-order valence-corrected chi connectivity index (χ3v) is 6.64. The van der Waals surface area contributed by atoms with Crippen molar-refractivity contribution in [2.24, 2.45) is 17.5 Å². The van der Waals surface area contributed by atoms with Crippen molar-refractivity contribution in [3.8, 4) is 0 Å². The average Bonchev–Trinajstić information content (AvgIpc) is 2.82. The van der Waals surface area contributed by atoms with Gasteiger partial charge in [-0.15, -0.1) is 5.10 Å². The second-order valence-corrected chi connectivity index (χ2v) is 11.1. The summed E-state index contributed by atoms with van der Waals surface area (Å²) in [6, 6.07) is 12.1. The Hall–Kier alpha value is -3.10. The first-order valence-electron chi connectivity index (χ1n) is 12.0. The van der Waals surface area contributed by atoms with Crippen molar-refractivity contribution in [2.45, 2.75) is 46.2 Å². The van der Waals surface area contributed by atoms with E-state index in [1.807, 2.05) is 19.2 Å². The third-order valence-electron chi connectivity index (χ3n) is 6.20. The predicted octanol–water partition coefficient (Wildman–Crippen LogP) is 5.43. The first-order valence-corrected chi connectivity index (χ1v) is 12.8. The molecule has 0 unspecified atom stereocenters. The Morgan fingerprint density at radius 1 is 1.11 bits per heavy atom. The maximum absolute atomic E-state index is 13.6. The van der Waals surface area contributed by atoms with Crippen molar-refractivity contribution in [1.82, 2.24) is 25.2 Å². The lowest BCUT2D eigenvalue weighted by Gasteiger charge is -2.31. The van der Waals surface area contributed by atoms with Gasteiger partial charge < -0.3 is 10.2 Å². The van der Waals surface area contributed by atoms with Crippen LogP contribution in [0.1, 0.15) is 67.0 Å². The van der Waals surface area contributed by atoms with Gasteiger partial charge >= 0.3 is 0 Å². The van der Waals surface area contributed by atoms with E-state index in [2.05, 4.69) is 41.4 Å². The van der Waals surface area contributed by atoms with E-state index in [9.17, 15) is 9.59 Å². The molecule has 0 aliphatic rings. The quantitative estimate of drug-likeness (QED) is 0.351. The largest absolute Gasteiger partial charge is 0.345 e. The standard InChI is InChI=1S/C27H34Cl2N6O2/c1-27(2,3)12-11-22(34(5)26(37)24(30-4)19-13-20(28)15-21(29)14-19)17-7-9-18(10-8-17)25(36)31-16-23-32-33-35(23)6/h7-10,13-15,22,33H,11-12,16H2,1-6H3,(H,31,36)/t22-/m1/s1. The lowest BCUT2D eigenvalue weighted by atomic mass is 9.86. The number of aromatic nitrogens is 3. The number of aromatic amines is 1. The Morgan fingerprint density at radius 3 is 2.22 bits per heavy atom. The normalized spacial score (nSPS) is 12.9. The number of carbonyl (C=O) groups excluding carboxylic acids is 2. The molecule has 0 aliphatic heterocycles. The highest BCUT2D eigenvalue weighted by molar-refractivity contribution is 6.46. The van der Waals surface area contributed by atoms with Crippen LogP contribution < -0.4 is 5.32 Å². The maximum Gasteiger partial charge on any atom is 0.272 e. The van der Waals surface area contributed by atoms with Gasteiger partial charge in [0.15, 0.2) is 5.82 Å². The molecule has 0 spiro atoms. The highest BCUT2D eigenvalue weighted by atomic mass is 35.5. The Labute approximate surface area is 228 Å². The number of aliphatic imine (C=N–C) groups is 1. The molecule has 1 heterocycles. The summed E-state index contributed by atoms with van der Waals surface area (Å²) >= 11 is 12.4. The van der Waals surface area contributed by atoms with Crippen LogP contribution in [0.25, 0.3) is 0 Å². The first-order chi connectivity index (χ1) is 17.4. The SMILES string of the molecule is CN=C(C(=O)N(C)[C@H](CCC(C)(C)C)c1ccc(C(=O)NCc2n[nH]n2C)cc1)c1cc(Cl)cc(Cl)c1. The molecule has 0 bridgehead atoms. The Balaban J connectivity index is 1.83. The highest BCUT2D eigenvalue weighted by Gasteiger charge is 2.28. The number of rotatable bonds is 9. The molecule has 10 heteroatoms. The van der Waals surface area contributed by atoms with Gasteiger partial charge in [-0.3, -0.25) is 19.3 Å². The van der Waals surface area contributed by atoms with E-state index < -0.39 is 0 Å². The molecule has 0 aliphatic carbocycles. The first kappa shape index (κ1) is 28.5. The van der Waals surface area contributed by atoms with Crippen LogP contribution in [0.2, 0.25) is 10.0 Å². The Bertz CT molecular complexity index is 1250. The van der Waals surface area contributed by atoms with Crippen LogP contribution in [0.3, 0.4) is 0 Å². The number of H-pyrrole nitrogens is 1. The summed E-state index contributed by atoms with van der Waals surface area (Å²) in [5.74, 6) is 0.325. The molecule has 3 aromatic rings. The molecule has 3 rings (SSSR count). The van der Waals surface area contributed by atoms with Crippen molar-refractivity contribution in [1.29, 1.82) is 0 Å². The Kier molecular flexibility index (Phi) is 9.21. The fraction of sp³-hybridized carbons (Fsp3) is 0.407. The van der Waals surface area contributed by atoms with Crippen LogP contribution >= 0.6 is 23.2 Å². The van der Waals surface area contributed by atoms with Crippen molar-refractivity contribution < 1.29 is 9.59 Å². The minimum atomic E-state index is -0.236. The van der Waals surface area contributed by atoms with Gasteiger partial charge in [-0.2, -0.15) is 0 Å². The van der Waals surface area contributed by atoms with Crippen LogP contribution in [-0.2, 0) is 18.4 Å². The van der Waals surface area contributed by atoms with Crippen molar-refractivity contribution >= 4 is 40.7 Å². The van der Waals surface area contributed by atoms with Crippen molar-refractivity contribution in [3.05, 3.63) is 75.0 Å². The minimum Gasteiger partial charge on any atom is -0.345 e. The molecule has 198 valence electrons. The van der Waals surface area contributed by atoms with Gasteiger partial charge in [-0.25, -0.2) is 5.21 Å². The second-order valence-electron chi connectivity index (χ2n) is 10.3. The smallest absolute Gasteiger partial charge is 0.272 e.